The quantitative estimate of drug-likeness (QED) is 0.460. The number of carbonyl (C=O) groups is 1. The van der Waals surface area contributed by atoms with Crippen LogP contribution in [0.4, 0.5) is 5.13 Å². The second kappa shape index (κ2) is 8.87. The maximum Gasteiger partial charge on any atom is 0.335 e. The predicted octanol–water partition coefficient (Wildman–Crippen LogP) is 4.04. The third-order valence-corrected chi connectivity index (χ3v) is 5.78. The Hall–Kier alpha value is -3.52. The van der Waals surface area contributed by atoms with E-state index in [0.717, 1.165) is 39.8 Å². The Labute approximate surface area is 177 Å². The van der Waals surface area contributed by atoms with E-state index in [1.807, 2.05) is 24.3 Å². The van der Waals surface area contributed by atoms with Gasteiger partial charge >= 0.3 is 5.97 Å². The van der Waals surface area contributed by atoms with E-state index in [-0.39, 0.29) is 5.56 Å². The number of rotatable bonds is 8. The molecule has 0 atom stereocenters. The zero-order chi connectivity index (χ0) is 20.9. The molecule has 0 aliphatic heterocycles. The molecule has 2 aromatic heterocycles. The van der Waals surface area contributed by atoms with Crippen LogP contribution in [0, 0.1) is 0 Å². The van der Waals surface area contributed by atoms with Crippen LogP contribution >= 0.6 is 11.3 Å². The molecule has 0 bridgehead atoms. The second-order valence-corrected chi connectivity index (χ2v) is 7.69. The van der Waals surface area contributed by atoms with Gasteiger partial charge in [0.2, 0.25) is 0 Å². The molecule has 0 fully saturated rings. The molecule has 4 rings (SSSR count). The Bertz CT molecular complexity index is 1110. The van der Waals surface area contributed by atoms with Gasteiger partial charge in [-0.05, 0) is 41.8 Å². The topological polar surface area (TPSA) is 88.4 Å². The van der Waals surface area contributed by atoms with Crippen molar-refractivity contribution in [2.45, 2.75) is 13.0 Å². The predicted molar refractivity (Wildman–Crippen MR) is 116 cm³/mol. The fourth-order valence-electron chi connectivity index (χ4n) is 3.09. The number of aromatic carboxylic acids is 1. The average molecular weight is 420 g/mol. The first-order chi connectivity index (χ1) is 14.6. The molecule has 0 aliphatic rings. The summed E-state index contributed by atoms with van der Waals surface area (Å²) in [5.41, 5.74) is 3.26. The highest BCUT2D eigenvalue weighted by atomic mass is 32.1. The van der Waals surface area contributed by atoms with Gasteiger partial charge in [0.25, 0.3) is 0 Å². The van der Waals surface area contributed by atoms with Crippen molar-refractivity contribution in [1.29, 1.82) is 0 Å². The Morgan fingerprint density at radius 2 is 1.83 bits per heavy atom. The van der Waals surface area contributed by atoms with Crippen LogP contribution in [0.5, 0.6) is 5.75 Å². The average Bonchev–Trinajstić information content (AvgIpc) is 3.21. The number of carboxylic acid groups (broad SMARTS) is 1. The van der Waals surface area contributed by atoms with Crippen molar-refractivity contribution in [1.82, 2.24) is 15.0 Å². The monoisotopic (exact) mass is 420 g/mol. The summed E-state index contributed by atoms with van der Waals surface area (Å²) in [7, 11) is 1.66. The number of benzene rings is 2. The Morgan fingerprint density at radius 1 is 1.10 bits per heavy atom. The van der Waals surface area contributed by atoms with Crippen LogP contribution in [0.1, 0.15) is 21.5 Å². The molecule has 0 spiro atoms. The zero-order valence-electron chi connectivity index (χ0n) is 16.4. The molecule has 0 unspecified atom stereocenters. The molecule has 0 saturated carbocycles. The number of aromatic nitrogens is 3. The van der Waals surface area contributed by atoms with E-state index in [1.165, 1.54) is 23.2 Å². The summed E-state index contributed by atoms with van der Waals surface area (Å²) in [4.78, 5) is 27.2. The third kappa shape index (κ3) is 4.55. The van der Waals surface area contributed by atoms with E-state index in [9.17, 15) is 4.79 Å². The largest absolute Gasteiger partial charge is 0.497 e. The molecule has 0 radical (unpaired) electrons. The van der Waals surface area contributed by atoms with Crippen molar-refractivity contribution in [2.75, 3.05) is 18.6 Å². The van der Waals surface area contributed by atoms with E-state index in [0.29, 0.717) is 6.54 Å². The minimum Gasteiger partial charge on any atom is -0.497 e. The van der Waals surface area contributed by atoms with Crippen molar-refractivity contribution in [2.24, 2.45) is 0 Å². The molecular weight excluding hydrogens is 400 g/mol. The number of anilines is 1. The van der Waals surface area contributed by atoms with Gasteiger partial charge in [-0.1, -0.05) is 35.6 Å². The number of ether oxygens (including phenoxy) is 1. The Morgan fingerprint density at radius 3 is 2.50 bits per heavy atom. The van der Waals surface area contributed by atoms with E-state index in [2.05, 4.69) is 27.0 Å². The molecule has 2 heterocycles. The summed E-state index contributed by atoms with van der Waals surface area (Å²) in [6.45, 7) is 1.36. The van der Waals surface area contributed by atoms with Crippen molar-refractivity contribution in [3.05, 3.63) is 77.7 Å². The minimum absolute atomic E-state index is 0.277. The van der Waals surface area contributed by atoms with Crippen LogP contribution < -0.4 is 9.64 Å². The standard InChI is InChI=1S/C22H20N4O3S/c1-29-18-8-4-15(5-9-18)10-11-26(13-16-2-6-17(7-3-16)21(27)28)22-25-19-12-23-14-24-20(19)30-22/h2-9,12,14H,10-11,13H2,1H3,(H,27,28). The molecule has 0 amide bonds. The van der Waals surface area contributed by atoms with Crippen LogP contribution in [0.3, 0.4) is 0 Å². The number of hydrogen-bond acceptors (Lipinski definition) is 7. The normalized spacial score (nSPS) is 10.8. The Kier molecular flexibility index (Phi) is 5.85. The highest BCUT2D eigenvalue weighted by Crippen LogP contribution is 2.28. The smallest absolute Gasteiger partial charge is 0.335 e. The van der Waals surface area contributed by atoms with E-state index < -0.39 is 5.97 Å². The van der Waals surface area contributed by atoms with Crippen LogP contribution in [-0.2, 0) is 13.0 Å². The lowest BCUT2D eigenvalue weighted by atomic mass is 10.1. The van der Waals surface area contributed by atoms with Crippen molar-refractivity contribution >= 4 is 32.8 Å². The van der Waals surface area contributed by atoms with Gasteiger partial charge in [0, 0.05) is 13.1 Å². The summed E-state index contributed by atoms with van der Waals surface area (Å²) < 4.78 is 5.23. The molecule has 0 saturated heterocycles. The zero-order valence-corrected chi connectivity index (χ0v) is 17.2. The second-order valence-electron chi connectivity index (χ2n) is 6.73. The molecule has 1 N–H and O–H groups in total. The highest BCUT2D eigenvalue weighted by Gasteiger charge is 2.14. The number of fused-ring (bicyclic) bond motifs is 1. The number of thiazole rings is 1. The molecule has 152 valence electrons. The number of nitrogens with zero attached hydrogens (tertiary/aromatic N) is 4. The lowest BCUT2D eigenvalue weighted by molar-refractivity contribution is 0.0697. The SMILES string of the molecule is COc1ccc(CCN(Cc2ccc(C(=O)O)cc2)c2nc3cncnc3s2)cc1. The van der Waals surface area contributed by atoms with Gasteiger partial charge in [-0.2, -0.15) is 0 Å². The summed E-state index contributed by atoms with van der Waals surface area (Å²) in [5.74, 6) is -0.0958. The van der Waals surface area contributed by atoms with Gasteiger partial charge in [-0.3, -0.25) is 0 Å². The maximum absolute atomic E-state index is 11.1. The molecular formula is C22H20N4O3S. The van der Waals surface area contributed by atoms with Crippen molar-refractivity contribution in [3.63, 3.8) is 0 Å². The fourth-order valence-corrected chi connectivity index (χ4v) is 3.99. The summed E-state index contributed by atoms with van der Waals surface area (Å²) in [6, 6.07) is 15.0. The minimum atomic E-state index is -0.928. The van der Waals surface area contributed by atoms with E-state index in [4.69, 9.17) is 14.8 Å². The van der Waals surface area contributed by atoms with Gasteiger partial charge in [0.05, 0.1) is 18.9 Å². The summed E-state index contributed by atoms with van der Waals surface area (Å²) in [5, 5.41) is 9.99. The van der Waals surface area contributed by atoms with E-state index >= 15 is 0 Å². The van der Waals surface area contributed by atoms with Crippen molar-refractivity contribution < 1.29 is 14.6 Å². The lowest BCUT2D eigenvalue weighted by Crippen LogP contribution is -2.25. The molecule has 0 aliphatic carbocycles. The first kappa shape index (κ1) is 19.8. The summed E-state index contributed by atoms with van der Waals surface area (Å²) in [6.07, 6.45) is 4.07. The Balaban J connectivity index is 1.57. The maximum atomic E-state index is 11.1. The van der Waals surface area contributed by atoms with Crippen LogP contribution in [0.25, 0.3) is 10.3 Å². The van der Waals surface area contributed by atoms with Crippen LogP contribution in [-0.4, -0.2) is 39.7 Å². The van der Waals surface area contributed by atoms with Gasteiger partial charge in [-0.25, -0.2) is 19.7 Å². The van der Waals surface area contributed by atoms with Gasteiger partial charge in [0.1, 0.15) is 22.4 Å². The molecule has 8 heteroatoms. The van der Waals surface area contributed by atoms with Gasteiger partial charge in [0.15, 0.2) is 5.13 Å². The number of carboxylic acids is 1. The van der Waals surface area contributed by atoms with Crippen LogP contribution in [0.15, 0.2) is 61.1 Å². The van der Waals surface area contributed by atoms with Crippen molar-refractivity contribution in [3.8, 4) is 5.75 Å². The molecule has 30 heavy (non-hydrogen) atoms. The number of methoxy groups -OCH3 is 1. The first-order valence-corrected chi connectivity index (χ1v) is 10.2. The molecule has 2 aromatic carbocycles. The van der Waals surface area contributed by atoms with Gasteiger partial charge in [-0.15, -0.1) is 0 Å². The van der Waals surface area contributed by atoms with E-state index in [1.54, 1.807) is 25.4 Å². The molecule has 4 aromatic rings. The first-order valence-electron chi connectivity index (χ1n) is 9.39. The lowest BCUT2D eigenvalue weighted by Gasteiger charge is -2.22. The molecule has 7 nitrogen and oxygen atoms in total. The van der Waals surface area contributed by atoms with Crippen LogP contribution in [0.2, 0.25) is 0 Å². The summed E-state index contributed by atoms with van der Waals surface area (Å²) >= 11 is 1.52. The fraction of sp³-hybridized carbons (Fsp3) is 0.182. The highest BCUT2D eigenvalue weighted by molar-refractivity contribution is 7.21. The third-order valence-electron chi connectivity index (χ3n) is 4.74. The van der Waals surface area contributed by atoms with Gasteiger partial charge < -0.3 is 14.7 Å². The number of hydrogen-bond donors (Lipinski definition) is 1.